The molecule has 1 fully saturated rings. The summed E-state index contributed by atoms with van der Waals surface area (Å²) in [5.41, 5.74) is 1.13. The maximum Gasteiger partial charge on any atom is 0.236 e. The van der Waals surface area contributed by atoms with Gasteiger partial charge in [-0.15, -0.1) is 0 Å². The smallest absolute Gasteiger partial charge is 0.236 e. The van der Waals surface area contributed by atoms with Crippen LogP contribution in [0.4, 0.5) is 0 Å². The van der Waals surface area contributed by atoms with E-state index in [1.54, 1.807) is 6.92 Å². The minimum atomic E-state index is 0.0203. The number of hydrogen-bond donors (Lipinski definition) is 0. The van der Waals surface area contributed by atoms with Crippen molar-refractivity contribution in [2.75, 3.05) is 39.3 Å². The lowest BCUT2D eigenvalue weighted by molar-refractivity contribution is -0.136. The molecule has 23 heavy (non-hydrogen) atoms. The molecule has 2 amide bonds. The number of carbonyl (C=O) groups excluding carboxylic acids is 2. The second kappa shape index (κ2) is 8.11. The third kappa shape index (κ3) is 4.32. The number of nitrogens with zero attached hydrogens (tertiary/aromatic N) is 3. The standard InChI is InChI=1S/C18H27N3O2/c1-4-20(5-2)18(23)14-19-11-12-21(15(3)22)17(13-19)16-9-7-6-8-10-16/h6-10,17H,4-5,11-14H2,1-3H3/t17-/m0/s1. The van der Waals surface area contributed by atoms with E-state index >= 15 is 0 Å². The highest BCUT2D eigenvalue weighted by Gasteiger charge is 2.30. The van der Waals surface area contributed by atoms with Crippen molar-refractivity contribution >= 4 is 11.8 Å². The topological polar surface area (TPSA) is 43.9 Å². The molecule has 5 nitrogen and oxygen atoms in total. The molecule has 1 aromatic rings. The van der Waals surface area contributed by atoms with E-state index in [1.807, 2.05) is 41.8 Å². The van der Waals surface area contributed by atoms with Crippen LogP contribution in [0.25, 0.3) is 0 Å². The first-order valence-corrected chi connectivity index (χ1v) is 8.39. The summed E-state index contributed by atoms with van der Waals surface area (Å²) >= 11 is 0. The van der Waals surface area contributed by atoms with E-state index in [-0.39, 0.29) is 17.9 Å². The molecule has 126 valence electrons. The first-order chi connectivity index (χ1) is 11.1. The van der Waals surface area contributed by atoms with Gasteiger partial charge >= 0.3 is 0 Å². The summed E-state index contributed by atoms with van der Waals surface area (Å²) in [5, 5.41) is 0. The molecule has 0 radical (unpaired) electrons. The van der Waals surface area contributed by atoms with Gasteiger partial charge in [-0.1, -0.05) is 30.3 Å². The molecule has 1 heterocycles. The van der Waals surface area contributed by atoms with Crippen molar-refractivity contribution < 1.29 is 9.59 Å². The Morgan fingerprint density at radius 1 is 1.13 bits per heavy atom. The third-order valence-electron chi connectivity index (χ3n) is 4.53. The van der Waals surface area contributed by atoms with Crippen LogP contribution in [0.5, 0.6) is 0 Å². The molecule has 0 bridgehead atoms. The van der Waals surface area contributed by atoms with Gasteiger partial charge in [-0.25, -0.2) is 0 Å². The van der Waals surface area contributed by atoms with Gasteiger partial charge in [-0.2, -0.15) is 0 Å². The minimum Gasteiger partial charge on any atom is -0.342 e. The van der Waals surface area contributed by atoms with Crippen molar-refractivity contribution in [3.63, 3.8) is 0 Å². The quantitative estimate of drug-likeness (QED) is 0.831. The predicted molar refractivity (Wildman–Crippen MR) is 90.9 cm³/mol. The lowest BCUT2D eigenvalue weighted by Gasteiger charge is -2.41. The SMILES string of the molecule is CCN(CC)C(=O)CN1CCN(C(C)=O)[C@H](c2ccccc2)C1. The van der Waals surface area contributed by atoms with Crippen LogP contribution in [-0.4, -0.2) is 65.8 Å². The summed E-state index contributed by atoms with van der Waals surface area (Å²) < 4.78 is 0. The zero-order valence-electron chi connectivity index (χ0n) is 14.4. The van der Waals surface area contributed by atoms with Crippen LogP contribution < -0.4 is 0 Å². The van der Waals surface area contributed by atoms with Gasteiger partial charge in [0.15, 0.2) is 0 Å². The van der Waals surface area contributed by atoms with Crippen LogP contribution in [0, 0.1) is 0 Å². The fraction of sp³-hybridized carbons (Fsp3) is 0.556. The summed E-state index contributed by atoms with van der Waals surface area (Å²) in [6, 6.07) is 10.1. The van der Waals surface area contributed by atoms with Gasteiger partial charge in [0.1, 0.15) is 0 Å². The number of hydrogen-bond acceptors (Lipinski definition) is 3. The Kier molecular flexibility index (Phi) is 6.16. The molecule has 1 aromatic carbocycles. The van der Waals surface area contributed by atoms with Crippen LogP contribution in [0.2, 0.25) is 0 Å². The fourth-order valence-electron chi connectivity index (χ4n) is 3.19. The Morgan fingerprint density at radius 2 is 1.78 bits per heavy atom. The van der Waals surface area contributed by atoms with Crippen LogP contribution in [0.15, 0.2) is 30.3 Å². The maximum absolute atomic E-state index is 12.3. The Labute approximate surface area is 138 Å². The Bertz CT molecular complexity index is 528. The molecule has 5 heteroatoms. The number of likely N-dealkylation sites (N-methyl/N-ethyl adjacent to an activating group) is 1. The van der Waals surface area contributed by atoms with E-state index in [1.165, 1.54) is 0 Å². The van der Waals surface area contributed by atoms with E-state index < -0.39 is 0 Å². The number of carbonyl (C=O) groups is 2. The first-order valence-electron chi connectivity index (χ1n) is 8.39. The van der Waals surface area contributed by atoms with Gasteiger partial charge in [0, 0.05) is 39.6 Å². The van der Waals surface area contributed by atoms with Crippen molar-refractivity contribution in [1.82, 2.24) is 14.7 Å². The number of rotatable bonds is 5. The first kappa shape index (κ1) is 17.5. The lowest BCUT2D eigenvalue weighted by Crippen LogP contribution is -2.52. The maximum atomic E-state index is 12.3. The Morgan fingerprint density at radius 3 is 2.35 bits per heavy atom. The largest absolute Gasteiger partial charge is 0.342 e. The van der Waals surface area contributed by atoms with E-state index in [2.05, 4.69) is 17.0 Å². The zero-order valence-corrected chi connectivity index (χ0v) is 14.4. The van der Waals surface area contributed by atoms with E-state index in [4.69, 9.17) is 0 Å². The molecule has 1 aliphatic heterocycles. The zero-order chi connectivity index (χ0) is 16.8. The Hall–Kier alpha value is -1.88. The Balaban J connectivity index is 2.09. The van der Waals surface area contributed by atoms with Crippen molar-refractivity contribution in [1.29, 1.82) is 0 Å². The number of amides is 2. The molecule has 2 rings (SSSR count). The molecular weight excluding hydrogens is 290 g/mol. The molecule has 0 aliphatic carbocycles. The van der Waals surface area contributed by atoms with Gasteiger partial charge in [0.05, 0.1) is 12.6 Å². The van der Waals surface area contributed by atoms with Crippen molar-refractivity contribution in [3.8, 4) is 0 Å². The normalized spacial score (nSPS) is 18.7. The molecular formula is C18H27N3O2. The van der Waals surface area contributed by atoms with Crippen molar-refractivity contribution in [2.45, 2.75) is 26.8 Å². The molecule has 0 aromatic heterocycles. The summed E-state index contributed by atoms with van der Waals surface area (Å²) in [5.74, 6) is 0.256. The second-order valence-electron chi connectivity index (χ2n) is 5.94. The average Bonchev–Trinajstić information content (AvgIpc) is 2.56. The average molecular weight is 317 g/mol. The van der Waals surface area contributed by atoms with Gasteiger partial charge in [0.2, 0.25) is 11.8 Å². The van der Waals surface area contributed by atoms with Gasteiger partial charge in [-0.3, -0.25) is 14.5 Å². The monoisotopic (exact) mass is 317 g/mol. The minimum absolute atomic E-state index is 0.0203. The summed E-state index contributed by atoms with van der Waals surface area (Å²) in [7, 11) is 0. The highest BCUT2D eigenvalue weighted by Crippen LogP contribution is 2.25. The van der Waals surface area contributed by atoms with Gasteiger partial charge in [-0.05, 0) is 19.4 Å². The second-order valence-corrected chi connectivity index (χ2v) is 5.94. The summed E-state index contributed by atoms with van der Waals surface area (Å²) in [4.78, 5) is 30.2. The molecule has 1 saturated heterocycles. The molecule has 0 spiro atoms. The summed E-state index contributed by atoms with van der Waals surface area (Å²) in [6.07, 6.45) is 0. The van der Waals surface area contributed by atoms with E-state index in [9.17, 15) is 9.59 Å². The highest BCUT2D eigenvalue weighted by molar-refractivity contribution is 5.78. The van der Waals surface area contributed by atoms with Crippen LogP contribution in [0.3, 0.4) is 0 Å². The van der Waals surface area contributed by atoms with Gasteiger partial charge in [0.25, 0.3) is 0 Å². The lowest BCUT2D eigenvalue weighted by atomic mass is 10.0. The van der Waals surface area contributed by atoms with Crippen molar-refractivity contribution in [3.05, 3.63) is 35.9 Å². The van der Waals surface area contributed by atoms with E-state index in [0.717, 1.165) is 25.2 Å². The summed E-state index contributed by atoms with van der Waals surface area (Å²) in [6.45, 7) is 9.65. The van der Waals surface area contributed by atoms with Gasteiger partial charge < -0.3 is 9.80 Å². The number of piperazine rings is 1. The van der Waals surface area contributed by atoms with E-state index in [0.29, 0.717) is 19.6 Å². The van der Waals surface area contributed by atoms with Crippen LogP contribution in [-0.2, 0) is 9.59 Å². The van der Waals surface area contributed by atoms with Crippen LogP contribution in [0.1, 0.15) is 32.4 Å². The molecule has 0 unspecified atom stereocenters. The molecule has 0 saturated carbocycles. The predicted octanol–water partition coefficient (Wildman–Crippen LogP) is 1.76. The third-order valence-corrected chi connectivity index (χ3v) is 4.53. The fourth-order valence-corrected chi connectivity index (χ4v) is 3.19. The molecule has 0 N–H and O–H groups in total. The molecule has 1 aliphatic rings. The van der Waals surface area contributed by atoms with Crippen molar-refractivity contribution in [2.24, 2.45) is 0 Å². The van der Waals surface area contributed by atoms with Crippen LogP contribution >= 0.6 is 0 Å². The number of benzene rings is 1. The highest BCUT2D eigenvalue weighted by atomic mass is 16.2. The molecule has 1 atom stereocenters.